The van der Waals surface area contributed by atoms with Gasteiger partial charge in [-0.2, -0.15) is 5.26 Å². The predicted octanol–water partition coefficient (Wildman–Crippen LogP) is 2.75. The molecule has 3 aromatic rings. The molecule has 1 heterocycles. The largest absolute Gasteiger partial charge is 0.478 e. The Morgan fingerprint density at radius 2 is 2.10 bits per heavy atom. The summed E-state index contributed by atoms with van der Waals surface area (Å²) < 4.78 is 2.24. The summed E-state index contributed by atoms with van der Waals surface area (Å²) in [5.41, 5.74) is 2.20. The van der Waals surface area contributed by atoms with E-state index < -0.39 is 5.97 Å². The number of hydrogen-bond donors (Lipinski definition) is 1. The van der Waals surface area contributed by atoms with E-state index in [1.54, 1.807) is 24.3 Å². The standard InChI is InChI=1S/C14H7BrN4O2/c15-10-2-4-12(9(5-10)7-16)19-13-6-8(14(20)21)1-3-11(13)17-18-19/h1-6H,(H,20,21). The van der Waals surface area contributed by atoms with Crippen LogP contribution in [0.2, 0.25) is 0 Å². The maximum Gasteiger partial charge on any atom is 0.335 e. The summed E-state index contributed by atoms with van der Waals surface area (Å²) >= 11 is 3.31. The van der Waals surface area contributed by atoms with E-state index in [9.17, 15) is 10.1 Å². The molecule has 0 aliphatic heterocycles. The van der Waals surface area contributed by atoms with Crippen LogP contribution in [0.5, 0.6) is 0 Å². The quantitative estimate of drug-likeness (QED) is 0.772. The van der Waals surface area contributed by atoms with E-state index in [1.807, 2.05) is 0 Å². The van der Waals surface area contributed by atoms with Crippen LogP contribution in [0.1, 0.15) is 15.9 Å². The van der Waals surface area contributed by atoms with Gasteiger partial charge < -0.3 is 5.11 Å². The van der Waals surface area contributed by atoms with Crippen molar-refractivity contribution in [2.75, 3.05) is 0 Å². The number of fused-ring (bicyclic) bond motifs is 1. The van der Waals surface area contributed by atoms with E-state index in [0.29, 0.717) is 22.3 Å². The lowest BCUT2D eigenvalue weighted by molar-refractivity contribution is 0.0697. The fraction of sp³-hybridized carbons (Fsp3) is 0. The Bertz CT molecular complexity index is 911. The van der Waals surface area contributed by atoms with E-state index in [2.05, 4.69) is 32.3 Å². The van der Waals surface area contributed by atoms with Crippen molar-refractivity contribution in [3.63, 3.8) is 0 Å². The Labute approximate surface area is 127 Å². The molecule has 0 aliphatic rings. The molecule has 0 saturated carbocycles. The van der Waals surface area contributed by atoms with Gasteiger partial charge in [-0.25, -0.2) is 9.48 Å². The molecule has 21 heavy (non-hydrogen) atoms. The second-order valence-corrected chi connectivity index (χ2v) is 5.20. The first-order chi connectivity index (χ1) is 10.1. The highest BCUT2D eigenvalue weighted by atomic mass is 79.9. The van der Waals surface area contributed by atoms with Gasteiger partial charge in [0, 0.05) is 4.47 Å². The van der Waals surface area contributed by atoms with Gasteiger partial charge in [0.15, 0.2) is 0 Å². The number of hydrogen-bond acceptors (Lipinski definition) is 4. The van der Waals surface area contributed by atoms with Crippen molar-refractivity contribution in [1.29, 1.82) is 5.26 Å². The minimum absolute atomic E-state index is 0.140. The third kappa shape index (κ3) is 2.26. The molecule has 0 radical (unpaired) electrons. The highest BCUT2D eigenvalue weighted by molar-refractivity contribution is 9.10. The van der Waals surface area contributed by atoms with Crippen molar-refractivity contribution in [2.24, 2.45) is 0 Å². The summed E-state index contributed by atoms with van der Waals surface area (Å²) in [5.74, 6) is -1.03. The minimum Gasteiger partial charge on any atom is -0.478 e. The zero-order chi connectivity index (χ0) is 15.0. The molecular formula is C14H7BrN4O2. The molecule has 1 N–H and O–H groups in total. The Morgan fingerprint density at radius 3 is 2.81 bits per heavy atom. The van der Waals surface area contributed by atoms with E-state index in [4.69, 9.17) is 5.11 Å². The number of aromatic nitrogens is 3. The van der Waals surface area contributed by atoms with Gasteiger partial charge in [-0.3, -0.25) is 0 Å². The molecule has 0 atom stereocenters. The lowest BCUT2D eigenvalue weighted by atomic mass is 10.1. The maximum absolute atomic E-state index is 11.1. The van der Waals surface area contributed by atoms with Crippen LogP contribution >= 0.6 is 15.9 Å². The number of halogens is 1. The second kappa shape index (κ2) is 5.00. The van der Waals surface area contributed by atoms with Crippen molar-refractivity contribution in [3.05, 3.63) is 52.0 Å². The fourth-order valence-corrected chi connectivity index (χ4v) is 2.37. The molecule has 0 saturated heterocycles. The number of carbonyl (C=O) groups is 1. The molecule has 0 spiro atoms. The predicted molar refractivity (Wildman–Crippen MR) is 78.2 cm³/mol. The SMILES string of the molecule is N#Cc1cc(Br)ccc1-n1nnc2ccc(C(=O)O)cc21. The average Bonchev–Trinajstić information content (AvgIpc) is 2.89. The summed E-state index contributed by atoms with van der Waals surface area (Å²) in [5, 5.41) is 26.3. The molecule has 0 amide bonds. The first-order valence-corrected chi connectivity index (χ1v) is 6.68. The third-order valence-corrected chi connectivity index (χ3v) is 3.49. The number of nitriles is 1. The van der Waals surface area contributed by atoms with Crippen LogP contribution in [0.15, 0.2) is 40.9 Å². The van der Waals surface area contributed by atoms with Crippen molar-refractivity contribution in [3.8, 4) is 11.8 Å². The average molecular weight is 343 g/mol. The van der Waals surface area contributed by atoms with Crippen molar-refractivity contribution >= 4 is 32.9 Å². The van der Waals surface area contributed by atoms with E-state index in [-0.39, 0.29) is 5.56 Å². The monoisotopic (exact) mass is 342 g/mol. The number of benzene rings is 2. The number of rotatable bonds is 2. The summed E-state index contributed by atoms with van der Waals surface area (Å²) in [6.45, 7) is 0. The Hall–Kier alpha value is -2.72. The first kappa shape index (κ1) is 13.3. The molecule has 3 rings (SSSR count). The van der Waals surface area contributed by atoms with Gasteiger partial charge in [0.2, 0.25) is 0 Å². The number of carboxylic acids is 1. The van der Waals surface area contributed by atoms with Crippen molar-refractivity contribution in [2.45, 2.75) is 0 Å². The molecule has 6 nitrogen and oxygen atoms in total. The maximum atomic E-state index is 11.1. The molecule has 0 unspecified atom stereocenters. The highest BCUT2D eigenvalue weighted by Crippen LogP contribution is 2.23. The normalized spacial score (nSPS) is 10.5. The fourth-order valence-electron chi connectivity index (χ4n) is 2.01. The Morgan fingerprint density at radius 1 is 1.29 bits per heavy atom. The smallest absolute Gasteiger partial charge is 0.335 e. The molecular weight excluding hydrogens is 336 g/mol. The molecule has 2 aromatic carbocycles. The van der Waals surface area contributed by atoms with Crippen LogP contribution < -0.4 is 0 Å². The van der Waals surface area contributed by atoms with Gasteiger partial charge in [0.1, 0.15) is 11.6 Å². The van der Waals surface area contributed by atoms with Crippen LogP contribution in [-0.4, -0.2) is 26.1 Å². The van der Waals surface area contributed by atoms with Crippen LogP contribution in [0.4, 0.5) is 0 Å². The van der Waals surface area contributed by atoms with Crippen LogP contribution in [0.25, 0.3) is 16.7 Å². The van der Waals surface area contributed by atoms with Crippen LogP contribution in [-0.2, 0) is 0 Å². The molecule has 0 bridgehead atoms. The summed E-state index contributed by atoms with van der Waals surface area (Å²) in [6, 6.07) is 11.8. The zero-order valence-corrected chi connectivity index (χ0v) is 12.1. The third-order valence-electron chi connectivity index (χ3n) is 3.00. The molecule has 7 heteroatoms. The van der Waals surface area contributed by atoms with Crippen molar-refractivity contribution < 1.29 is 9.90 Å². The van der Waals surface area contributed by atoms with Gasteiger partial charge in [-0.05, 0) is 36.4 Å². The second-order valence-electron chi connectivity index (χ2n) is 4.28. The minimum atomic E-state index is -1.03. The van der Waals surface area contributed by atoms with Crippen molar-refractivity contribution in [1.82, 2.24) is 15.0 Å². The lowest BCUT2D eigenvalue weighted by Gasteiger charge is -2.05. The van der Waals surface area contributed by atoms with Gasteiger partial charge in [-0.15, -0.1) is 5.10 Å². The van der Waals surface area contributed by atoms with Gasteiger partial charge in [-0.1, -0.05) is 21.1 Å². The summed E-state index contributed by atoms with van der Waals surface area (Å²) in [4.78, 5) is 11.1. The van der Waals surface area contributed by atoms with Gasteiger partial charge in [0.05, 0.1) is 22.3 Å². The Balaban J connectivity index is 2.28. The number of nitrogens with zero attached hydrogens (tertiary/aromatic N) is 4. The molecule has 1 aromatic heterocycles. The zero-order valence-electron chi connectivity index (χ0n) is 10.5. The van der Waals surface area contributed by atoms with Gasteiger partial charge >= 0.3 is 5.97 Å². The number of carboxylic acid groups (broad SMARTS) is 1. The van der Waals surface area contributed by atoms with E-state index >= 15 is 0 Å². The van der Waals surface area contributed by atoms with Crippen LogP contribution in [0.3, 0.4) is 0 Å². The van der Waals surface area contributed by atoms with E-state index in [0.717, 1.165) is 4.47 Å². The van der Waals surface area contributed by atoms with Gasteiger partial charge in [0.25, 0.3) is 0 Å². The summed E-state index contributed by atoms with van der Waals surface area (Å²) in [6.07, 6.45) is 0. The van der Waals surface area contributed by atoms with Crippen LogP contribution in [0, 0.1) is 11.3 Å². The molecule has 0 fully saturated rings. The molecule has 0 aliphatic carbocycles. The summed E-state index contributed by atoms with van der Waals surface area (Å²) in [7, 11) is 0. The van der Waals surface area contributed by atoms with E-state index in [1.165, 1.54) is 16.8 Å². The lowest BCUT2D eigenvalue weighted by Crippen LogP contribution is -2.01. The first-order valence-electron chi connectivity index (χ1n) is 5.89. The highest BCUT2D eigenvalue weighted by Gasteiger charge is 2.13. The Kier molecular flexibility index (Phi) is 3.16. The topological polar surface area (TPSA) is 91.8 Å². The molecule has 102 valence electrons. The number of aromatic carboxylic acids is 1.